The number of benzene rings is 1. The Hall–Kier alpha value is -1.36. The lowest BCUT2D eigenvalue weighted by atomic mass is 10.1. The van der Waals surface area contributed by atoms with E-state index in [0.29, 0.717) is 5.69 Å². The number of nitrogens with two attached hydrogens (primary N) is 1. The minimum absolute atomic E-state index is 0.0751. The molecule has 1 rings (SSSR count). The molecule has 0 fully saturated rings. The molecule has 0 aliphatic heterocycles. The van der Waals surface area contributed by atoms with Gasteiger partial charge in [0.1, 0.15) is 0 Å². The van der Waals surface area contributed by atoms with E-state index in [1.807, 2.05) is 6.26 Å². The SMILES string of the molecule is CSC(C)(C)CNc1cccc(C(=O)O)c1N. The molecule has 0 amide bonds. The predicted octanol–water partition coefficient (Wildman–Crippen LogP) is 2.52. The van der Waals surface area contributed by atoms with Gasteiger partial charge >= 0.3 is 5.97 Å². The van der Waals surface area contributed by atoms with E-state index in [9.17, 15) is 4.79 Å². The molecule has 0 heterocycles. The summed E-state index contributed by atoms with van der Waals surface area (Å²) in [5.74, 6) is -1.00. The second kappa shape index (κ2) is 5.31. The molecule has 0 aliphatic rings. The molecule has 1 aromatic carbocycles. The van der Waals surface area contributed by atoms with E-state index in [1.54, 1.807) is 23.9 Å². The van der Waals surface area contributed by atoms with Gasteiger partial charge in [-0.2, -0.15) is 11.8 Å². The van der Waals surface area contributed by atoms with Crippen LogP contribution in [0.2, 0.25) is 0 Å². The van der Waals surface area contributed by atoms with Crippen LogP contribution in [0.4, 0.5) is 11.4 Å². The van der Waals surface area contributed by atoms with Crippen molar-refractivity contribution in [2.75, 3.05) is 23.9 Å². The summed E-state index contributed by atoms with van der Waals surface area (Å²) in [4.78, 5) is 10.9. The van der Waals surface area contributed by atoms with Gasteiger partial charge in [0, 0.05) is 11.3 Å². The van der Waals surface area contributed by atoms with Crippen molar-refractivity contribution in [1.29, 1.82) is 0 Å². The smallest absolute Gasteiger partial charge is 0.337 e. The van der Waals surface area contributed by atoms with Crippen molar-refractivity contribution in [1.82, 2.24) is 0 Å². The van der Waals surface area contributed by atoms with Crippen molar-refractivity contribution < 1.29 is 9.90 Å². The van der Waals surface area contributed by atoms with Gasteiger partial charge in [-0.15, -0.1) is 0 Å². The fourth-order valence-electron chi connectivity index (χ4n) is 1.29. The minimum Gasteiger partial charge on any atom is -0.478 e. The zero-order chi connectivity index (χ0) is 13.1. The number of thioether (sulfide) groups is 1. The van der Waals surface area contributed by atoms with Crippen LogP contribution in [0.5, 0.6) is 0 Å². The molecule has 0 spiro atoms. The van der Waals surface area contributed by atoms with Crippen molar-refractivity contribution in [2.45, 2.75) is 18.6 Å². The van der Waals surface area contributed by atoms with Crippen LogP contribution in [-0.4, -0.2) is 28.6 Å². The van der Waals surface area contributed by atoms with Gasteiger partial charge in [0.15, 0.2) is 0 Å². The summed E-state index contributed by atoms with van der Waals surface area (Å²) >= 11 is 1.74. The van der Waals surface area contributed by atoms with Crippen molar-refractivity contribution in [3.63, 3.8) is 0 Å². The Kier molecular flexibility index (Phi) is 4.28. The maximum Gasteiger partial charge on any atom is 0.337 e. The Morgan fingerprint density at radius 2 is 2.18 bits per heavy atom. The number of anilines is 2. The first-order chi connectivity index (χ1) is 7.87. The molecule has 0 radical (unpaired) electrons. The van der Waals surface area contributed by atoms with Crippen molar-refractivity contribution in [3.05, 3.63) is 23.8 Å². The second-order valence-electron chi connectivity index (χ2n) is 4.39. The first kappa shape index (κ1) is 13.7. The highest BCUT2D eigenvalue weighted by Gasteiger charge is 2.17. The molecule has 4 N–H and O–H groups in total. The van der Waals surface area contributed by atoms with Crippen LogP contribution >= 0.6 is 11.8 Å². The first-order valence-corrected chi connectivity index (χ1v) is 6.50. The molecule has 0 saturated heterocycles. The third-order valence-corrected chi connectivity index (χ3v) is 3.84. The first-order valence-electron chi connectivity index (χ1n) is 5.28. The van der Waals surface area contributed by atoms with Crippen LogP contribution in [-0.2, 0) is 0 Å². The molecule has 4 nitrogen and oxygen atoms in total. The third kappa shape index (κ3) is 3.56. The van der Waals surface area contributed by atoms with Crippen LogP contribution in [0.3, 0.4) is 0 Å². The Morgan fingerprint density at radius 3 is 2.71 bits per heavy atom. The summed E-state index contributed by atoms with van der Waals surface area (Å²) in [6.07, 6.45) is 2.04. The standard InChI is InChI=1S/C12H18N2O2S/c1-12(2,17-3)7-14-9-6-4-5-8(10(9)13)11(15)16/h4-6,14H,7,13H2,1-3H3,(H,15,16). The topological polar surface area (TPSA) is 75.3 Å². The maximum atomic E-state index is 10.9. The number of carboxylic acid groups (broad SMARTS) is 1. The highest BCUT2D eigenvalue weighted by Crippen LogP contribution is 2.26. The molecular formula is C12H18N2O2S. The van der Waals surface area contributed by atoms with E-state index >= 15 is 0 Å². The molecule has 0 aromatic heterocycles. The average Bonchev–Trinajstić information content (AvgIpc) is 2.27. The number of carboxylic acids is 1. The van der Waals surface area contributed by atoms with Crippen molar-refractivity contribution >= 4 is 29.1 Å². The molecule has 5 heteroatoms. The van der Waals surface area contributed by atoms with Gasteiger partial charge in [0.2, 0.25) is 0 Å². The fourth-order valence-corrected chi connectivity index (χ4v) is 1.50. The Bertz CT molecular complexity index is 419. The predicted molar refractivity (Wildman–Crippen MR) is 73.9 cm³/mol. The molecule has 0 unspecified atom stereocenters. The highest BCUT2D eigenvalue weighted by atomic mass is 32.2. The number of hydrogen-bond donors (Lipinski definition) is 3. The Morgan fingerprint density at radius 1 is 1.53 bits per heavy atom. The molecular weight excluding hydrogens is 236 g/mol. The number of para-hydroxylation sites is 1. The van der Waals surface area contributed by atoms with E-state index < -0.39 is 5.97 Å². The van der Waals surface area contributed by atoms with Gasteiger partial charge in [-0.3, -0.25) is 0 Å². The number of hydrogen-bond acceptors (Lipinski definition) is 4. The van der Waals surface area contributed by atoms with Gasteiger partial charge < -0.3 is 16.2 Å². The van der Waals surface area contributed by atoms with E-state index in [0.717, 1.165) is 6.54 Å². The number of nitrogen functional groups attached to an aromatic ring is 1. The normalized spacial score (nSPS) is 11.2. The van der Waals surface area contributed by atoms with E-state index in [-0.39, 0.29) is 16.0 Å². The van der Waals surface area contributed by atoms with Crippen molar-refractivity contribution in [2.24, 2.45) is 0 Å². The van der Waals surface area contributed by atoms with Crippen LogP contribution in [0.25, 0.3) is 0 Å². The van der Waals surface area contributed by atoms with Crippen LogP contribution < -0.4 is 11.1 Å². The second-order valence-corrected chi connectivity index (χ2v) is 5.90. The molecule has 94 valence electrons. The number of nitrogens with one attached hydrogen (secondary N) is 1. The quantitative estimate of drug-likeness (QED) is 0.704. The third-order valence-electron chi connectivity index (χ3n) is 2.59. The van der Waals surface area contributed by atoms with Gasteiger partial charge in [-0.25, -0.2) is 4.79 Å². The Balaban J connectivity index is 2.86. The molecule has 0 saturated carbocycles. The van der Waals surface area contributed by atoms with Crippen LogP contribution in [0.15, 0.2) is 18.2 Å². The number of aromatic carboxylic acids is 1. The van der Waals surface area contributed by atoms with Crippen LogP contribution in [0, 0.1) is 0 Å². The maximum absolute atomic E-state index is 10.9. The summed E-state index contributed by atoms with van der Waals surface area (Å²) in [5, 5.41) is 12.1. The summed E-state index contributed by atoms with van der Waals surface area (Å²) in [5.41, 5.74) is 6.90. The van der Waals surface area contributed by atoms with Gasteiger partial charge in [-0.1, -0.05) is 6.07 Å². The molecule has 0 bridgehead atoms. The largest absolute Gasteiger partial charge is 0.478 e. The minimum atomic E-state index is -1.00. The van der Waals surface area contributed by atoms with Gasteiger partial charge in [0.05, 0.1) is 16.9 Å². The van der Waals surface area contributed by atoms with E-state index in [2.05, 4.69) is 19.2 Å². The van der Waals surface area contributed by atoms with Crippen LogP contribution in [0.1, 0.15) is 24.2 Å². The number of rotatable bonds is 5. The summed E-state index contributed by atoms with van der Waals surface area (Å²) in [7, 11) is 0. The van der Waals surface area contributed by atoms with Gasteiger partial charge in [-0.05, 0) is 32.2 Å². The Labute approximate surface area is 106 Å². The lowest BCUT2D eigenvalue weighted by Crippen LogP contribution is -2.26. The molecule has 0 aliphatic carbocycles. The molecule has 1 aromatic rings. The number of carbonyl (C=O) groups is 1. The van der Waals surface area contributed by atoms with Gasteiger partial charge in [0.25, 0.3) is 0 Å². The summed E-state index contributed by atoms with van der Waals surface area (Å²) in [6.45, 7) is 4.95. The highest BCUT2D eigenvalue weighted by molar-refractivity contribution is 7.99. The zero-order valence-corrected chi connectivity index (χ0v) is 11.1. The molecule has 17 heavy (non-hydrogen) atoms. The van der Waals surface area contributed by atoms with Crippen molar-refractivity contribution in [3.8, 4) is 0 Å². The zero-order valence-electron chi connectivity index (χ0n) is 10.3. The van der Waals surface area contributed by atoms with E-state index in [4.69, 9.17) is 10.8 Å². The van der Waals surface area contributed by atoms with E-state index in [1.165, 1.54) is 6.07 Å². The summed E-state index contributed by atoms with van der Waals surface area (Å²) < 4.78 is 0.0751. The summed E-state index contributed by atoms with van der Waals surface area (Å²) in [6, 6.07) is 4.98. The average molecular weight is 254 g/mol. The lowest BCUT2D eigenvalue weighted by molar-refractivity contribution is 0.0698. The molecule has 0 atom stereocenters. The monoisotopic (exact) mass is 254 g/mol. The fraction of sp³-hybridized carbons (Fsp3) is 0.417. The lowest BCUT2D eigenvalue weighted by Gasteiger charge is -2.23.